The summed E-state index contributed by atoms with van der Waals surface area (Å²) in [5.74, 6) is -0.226. The van der Waals surface area contributed by atoms with Crippen molar-refractivity contribution in [3.63, 3.8) is 0 Å². The van der Waals surface area contributed by atoms with E-state index in [1.807, 2.05) is 10.9 Å². The van der Waals surface area contributed by atoms with Gasteiger partial charge >= 0.3 is 0 Å². The van der Waals surface area contributed by atoms with Crippen LogP contribution >= 0.6 is 0 Å². The molecule has 1 aromatic rings. The van der Waals surface area contributed by atoms with E-state index in [1.54, 1.807) is 6.20 Å². The van der Waals surface area contributed by atoms with Gasteiger partial charge in [0.15, 0.2) is 0 Å². The average molecular weight is 277 g/mol. The molecular formula is C13H19N5O2. The van der Waals surface area contributed by atoms with E-state index in [9.17, 15) is 9.59 Å². The van der Waals surface area contributed by atoms with Gasteiger partial charge in [-0.1, -0.05) is 0 Å². The van der Waals surface area contributed by atoms with Crippen molar-refractivity contribution in [2.45, 2.75) is 37.8 Å². The van der Waals surface area contributed by atoms with E-state index in [4.69, 9.17) is 0 Å². The largest absolute Gasteiger partial charge is 0.344 e. The number of aromatic nitrogens is 2. The van der Waals surface area contributed by atoms with Crippen molar-refractivity contribution in [2.75, 3.05) is 18.4 Å². The van der Waals surface area contributed by atoms with Crippen LogP contribution in [0.25, 0.3) is 0 Å². The van der Waals surface area contributed by atoms with Crippen LogP contribution in [0.4, 0.5) is 5.69 Å². The number of amides is 2. The number of piperidine rings is 1. The lowest BCUT2D eigenvalue weighted by Gasteiger charge is -2.22. The molecule has 3 heterocycles. The first kappa shape index (κ1) is 13.1. The number of hydrogen-bond acceptors (Lipinski definition) is 4. The summed E-state index contributed by atoms with van der Waals surface area (Å²) in [7, 11) is 0. The summed E-state index contributed by atoms with van der Waals surface area (Å²) < 4.78 is 1.92. The summed E-state index contributed by atoms with van der Waals surface area (Å²) in [5.41, 5.74) is 0.690. The van der Waals surface area contributed by atoms with Crippen LogP contribution in [0.5, 0.6) is 0 Å². The normalized spacial score (nSPS) is 23.6. The molecule has 0 saturated carbocycles. The molecule has 108 valence electrons. The fraction of sp³-hybridized carbons (Fsp3) is 0.615. The summed E-state index contributed by atoms with van der Waals surface area (Å²) in [6.07, 6.45) is 6.61. The lowest BCUT2D eigenvalue weighted by atomic mass is 10.1. The van der Waals surface area contributed by atoms with Crippen molar-refractivity contribution >= 4 is 17.5 Å². The molecule has 2 saturated heterocycles. The SMILES string of the molecule is O=C1CC[C@H](C(=O)Nc2cnn(C3CCNCC3)c2)N1. The summed E-state index contributed by atoms with van der Waals surface area (Å²) in [5, 5.41) is 13.1. The molecule has 0 bridgehead atoms. The molecule has 0 spiro atoms. The molecule has 1 atom stereocenters. The Morgan fingerprint density at radius 2 is 2.15 bits per heavy atom. The summed E-state index contributed by atoms with van der Waals surface area (Å²) in [4.78, 5) is 23.1. The molecule has 0 aromatic carbocycles. The molecule has 0 unspecified atom stereocenters. The van der Waals surface area contributed by atoms with Gasteiger partial charge in [0.05, 0.1) is 17.9 Å². The first-order valence-electron chi connectivity index (χ1n) is 7.07. The molecule has 2 aliphatic rings. The van der Waals surface area contributed by atoms with E-state index >= 15 is 0 Å². The van der Waals surface area contributed by atoms with E-state index in [2.05, 4.69) is 21.0 Å². The minimum Gasteiger partial charge on any atom is -0.344 e. The maximum absolute atomic E-state index is 12.0. The van der Waals surface area contributed by atoms with Crippen LogP contribution in [0, 0.1) is 0 Å². The Morgan fingerprint density at radius 1 is 1.35 bits per heavy atom. The Morgan fingerprint density at radius 3 is 2.85 bits per heavy atom. The molecule has 2 fully saturated rings. The van der Waals surface area contributed by atoms with Gasteiger partial charge in [-0.25, -0.2) is 0 Å². The number of carbonyl (C=O) groups is 2. The molecule has 0 aliphatic carbocycles. The fourth-order valence-electron chi connectivity index (χ4n) is 2.71. The van der Waals surface area contributed by atoms with Crippen LogP contribution in [0.3, 0.4) is 0 Å². The molecule has 1 aromatic heterocycles. The summed E-state index contributed by atoms with van der Waals surface area (Å²) in [6.45, 7) is 2.00. The number of hydrogen-bond donors (Lipinski definition) is 3. The number of rotatable bonds is 3. The van der Waals surface area contributed by atoms with Gasteiger partial charge in [-0.2, -0.15) is 5.10 Å². The standard InChI is InChI=1S/C13H19N5O2/c19-12-2-1-11(17-12)13(20)16-9-7-15-18(8-9)10-3-5-14-6-4-10/h7-8,10-11,14H,1-6H2,(H,16,20)(H,17,19)/t11-/m1/s1. The van der Waals surface area contributed by atoms with Gasteiger partial charge in [0.1, 0.15) is 6.04 Å². The zero-order valence-corrected chi connectivity index (χ0v) is 11.3. The van der Waals surface area contributed by atoms with Crippen molar-refractivity contribution in [2.24, 2.45) is 0 Å². The van der Waals surface area contributed by atoms with Crippen molar-refractivity contribution in [1.29, 1.82) is 0 Å². The third-order valence-corrected chi connectivity index (χ3v) is 3.86. The van der Waals surface area contributed by atoms with Crippen molar-refractivity contribution in [3.05, 3.63) is 12.4 Å². The summed E-state index contributed by atoms with van der Waals surface area (Å²) in [6, 6.07) is -0.0159. The average Bonchev–Trinajstić information content (AvgIpc) is 3.09. The van der Waals surface area contributed by atoms with Crippen molar-refractivity contribution < 1.29 is 9.59 Å². The van der Waals surface area contributed by atoms with E-state index in [-0.39, 0.29) is 11.8 Å². The van der Waals surface area contributed by atoms with Crippen LogP contribution in [0.1, 0.15) is 31.7 Å². The van der Waals surface area contributed by atoms with Gasteiger partial charge in [0.25, 0.3) is 0 Å². The van der Waals surface area contributed by atoms with Gasteiger partial charge in [-0.3, -0.25) is 14.3 Å². The molecule has 2 aliphatic heterocycles. The van der Waals surface area contributed by atoms with Crippen molar-refractivity contribution in [1.82, 2.24) is 20.4 Å². The number of nitrogens with zero attached hydrogens (tertiary/aromatic N) is 2. The van der Waals surface area contributed by atoms with Gasteiger partial charge in [-0.05, 0) is 32.4 Å². The van der Waals surface area contributed by atoms with E-state index in [0.717, 1.165) is 25.9 Å². The maximum Gasteiger partial charge on any atom is 0.247 e. The quantitative estimate of drug-likeness (QED) is 0.727. The monoisotopic (exact) mass is 277 g/mol. The Labute approximate surface area is 117 Å². The Bertz CT molecular complexity index is 507. The zero-order valence-electron chi connectivity index (χ0n) is 11.3. The highest BCUT2D eigenvalue weighted by molar-refractivity contribution is 5.98. The zero-order chi connectivity index (χ0) is 13.9. The maximum atomic E-state index is 12.0. The highest BCUT2D eigenvalue weighted by Gasteiger charge is 2.27. The smallest absolute Gasteiger partial charge is 0.247 e. The van der Waals surface area contributed by atoms with Crippen LogP contribution in [-0.4, -0.2) is 40.7 Å². The van der Waals surface area contributed by atoms with E-state index in [0.29, 0.717) is 24.6 Å². The van der Waals surface area contributed by atoms with Gasteiger partial charge < -0.3 is 16.0 Å². The third-order valence-electron chi connectivity index (χ3n) is 3.86. The third kappa shape index (κ3) is 2.82. The topological polar surface area (TPSA) is 88.0 Å². The van der Waals surface area contributed by atoms with Gasteiger partial charge in [0.2, 0.25) is 11.8 Å². The molecule has 7 heteroatoms. The Kier molecular flexibility index (Phi) is 3.68. The molecule has 0 radical (unpaired) electrons. The Hall–Kier alpha value is -1.89. The molecular weight excluding hydrogens is 258 g/mol. The van der Waals surface area contributed by atoms with E-state index < -0.39 is 6.04 Å². The minimum absolute atomic E-state index is 0.0597. The second-order valence-electron chi connectivity index (χ2n) is 5.34. The first-order valence-corrected chi connectivity index (χ1v) is 7.07. The highest BCUT2D eigenvalue weighted by Crippen LogP contribution is 2.19. The number of nitrogens with one attached hydrogen (secondary N) is 3. The van der Waals surface area contributed by atoms with Crippen LogP contribution in [-0.2, 0) is 9.59 Å². The highest BCUT2D eigenvalue weighted by atomic mass is 16.2. The van der Waals surface area contributed by atoms with Gasteiger partial charge in [0, 0.05) is 12.6 Å². The minimum atomic E-state index is -0.412. The van der Waals surface area contributed by atoms with Crippen LogP contribution in [0.15, 0.2) is 12.4 Å². The van der Waals surface area contributed by atoms with E-state index in [1.165, 1.54) is 0 Å². The predicted octanol–water partition coefficient (Wildman–Crippen LogP) is 0.0247. The molecule has 7 nitrogen and oxygen atoms in total. The van der Waals surface area contributed by atoms with Gasteiger partial charge in [-0.15, -0.1) is 0 Å². The molecule has 2 amide bonds. The van der Waals surface area contributed by atoms with Crippen LogP contribution in [0.2, 0.25) is 0 Å². The lowest BCUT2D eigenvalue weighted by molar-refractivity contribution is -0.122. The number of anilines is 1. The summed E-state index contributed by atoms with van der Waals surface area (Å²) >= 11 is 0. The molecule has 3 N–H and O–H groups in total. The second-order valence-corrected chi connectivity index (χ2v) is 5.34. The number of carbonyl (C=O) groups excluding carboxylic acids is 2. The second kappa shape index (κ2) is 5.62. The first-order chi connectivity index (χ1) is 9.72. The van der Waals surface area contributed by atoms with Crippen molar-refractivity contribution in [3.8, 4) is 0 Å². The lowest BCUT2D eigenvalue weighted by Crippen LogP contribution is -2.37. The Balaban J connectivity index is 1.59. The predicted molar refractivity (Wildman–Crippen MR) is 73.2 cm³/mol. The molecule has 20 heavy (non-hydrogen) atoms. The van der Waals surface area contributed by atoms with Crippen LogP contribution < -0.4 is 16.0 Å². The fourth-order valence-corrected chi connectivity index (χ4v) is 2.71. The molecule has 3 rings (SSSR count).